The van der Waals surface area contributed by atoms with Crippen LogP contribution in [0.3, 0.4) is 0 Å². The van der Waals surface area contributed by atoms with Crippen LogP contribution in [0.4, 0.5) is 13.2 Å². The van der Waals surface area contributed by atoms with Gasteiger partial charge in [0.1, 0.15) is 5.82 Å². The molecule has 4 heteroatoms. The van der Waals surface area contributed by atoms with Gasteiger partial charge in [-0.05, 0) is 25.6 Å². The first-order valence-electron chi connectivity index (χ1n) is 6.48. The molecule has 20 heavy (non-hydrogen) atoms. The molecule has 0 spiro atoms. The minimum Gasteiger partial charge on any atom is -0.306 e. The van der Waals surface area contributed by atoms with E-state index in [9.17, 15) is 13.2 Å². The van der Waals surface area contributed by atoms with Crippen LogP contribution in [0, 0.1) is 24.4 Å². The van der Waals surface area contributed by atoms with Crippen molar-refractivity contribution in [2.24, 2.45) is 0 Å². The van der Waals surface area contributed by atoms with E-state index in [1.807, 2.05) is 13.8 Å². The van der Waals surface area contributed by atoms with Crippen LogP contribution in [0.5, 0.6) is 0 Å². The molecule has 0 radical (unpaired) electrons. The Morgan fingerprint density at radius 1 is 1.00 bits per heavy atom. The highest BCUT2D eigenvalue weighted by Gasteiger charge is 2.22. The summed E-state index contributed by atoms with van der Waals surface area (Å²) < 4.78 is 41.3. The molecule has 106 valence electrons. The van der Waals surface area contributed by atoms with Gasteiger partial charge in [-0.1, -0.05) is 36.8 Å². The summed E-state index contributed by atoms with van der Waals surface area (Å²) in [6.45, 7) is 4.17. The standard InChI is InChI=1S/C16H16F3N/c1-3-20-16(11-5-4-6-14(18)15(11)19)12-9-10(2)7-8-13(12)17/h4-9,16,20H,3H2,1-2H3. The lowest BCUT2D eigenvalue weighted by molar-refractivity contribution is 0.477. The zero-order valence-electron chi connectivity index (χ0n) is 11.4. The van der Waals surface area contributed by atoms with Crippen LogP contribution < -0.4 is 5.32 Å². The third-order valence-corrected chi connectivity index (χ3v) is 3.16. The Labute approximate surface area is 116 Å². The van der Waals surface area contributed by atoms with Crippen molar-refractivity contribution in [2.75, 3.05) is 6.54 Å². The van der Waals surface area contributed by atoms with Crippen molar-refractivity contribution in [1.29, 1.82) is 0 Å². The summed E-state index contributed by atoms with van der Waals surface area (Å²) in [4.78, 5) is 0. The van der Waals surface area contributed by atoms with Gasteiger partial charge in [-0.25, -0.2) is 13.2 Å². The Kier molecular flexibility index (Phi) is 4.45. The smallest absolute Gasteiger partial charge is 0.163 e. The summed E-state index contributed by atoms with van der Waals surface area (Å²) in [5, 5.41) is 3.00. The number of benzene rings is 2. The summed E-state index contributed by atoms with van der Waals surface area (Å²) >= 11 is 0. The molecule has 0 saturated carbocycles. The molecule has 2 rings (SSSR count). The molecule has 0 aliphatic rings. The fraction of sp³-hybridized carbons (Fsp3) is 0.250. The molecule has 0 heterocycles. The second-order valence-corrected chi connectivity index (χ2v) is 4.66. The number of aryl methyl sites for hydroxylation is 1. The number of rotatable bonds is 4. The summed E-state index contributed by atoms with van der Waals surface area (Å²) in [6, 6.07) is 7.85. The topological polar surface area (TPSA) is 12.0 Å². The summed E-state index contributed by atoms with van der Waals surface area (Å²) in [5.74, 6) is -2.32. The van der Waals surface area contributed by atoms with Gasteiger partial charge in [0.25, 0.3) is 0 Å². The van der Waals surface area contributed by atoms with E-state index in [2.05, 4.69) is 5.32 Å². The zero-order chi connectivity index (χ0) is 14.7. The average molecular weight is 279 g/mol. The van der Waals surface area contributed by atoms with Crippen molar-refractivity contribution in [3.05, 3.63) is 70.5 Å². The first-order valence-corrected chi connectivity index (χ1v) is 6.48. The highest BCUT2D eigenvalue weighted by molar-refractivity contribution is 5.36. The average Bonchev–Trinajstić information content (AvgIpc) is 2.43. The monoisotopic (exact) mass is 279 g/mol. The van der Waals surface area contributed by atoms with Gasteiger partial charge in [0.15, 0.2) is 11.6 Å². The Balaban J connectivity index is 2.56. The molecule has 1 N–H and O–H groups in total. The lowest BCUT2D eigenvalue weighted by Crippen LogP contribution is -2.24. The van der Waals surface area contributed by atoms with Crippen LogP contribution in [0.2, 0.25) is 0 Å². The van der Waals surface area contributed by atoms with Crippen molar-refractivity contribution in [3.63, 3.8) is 0 Å². The van der Waals surface area contributed by atoms with Gasteiger partial charge < -0.3 is 5.32 Å². The predicted molar refractivity (Wildman–Crippen MR) is 73.0 cm³/mol. The molecular weight excluding hydrogens is 263 g/mol. The summed E-state index contributed by atoms with van der Waals surface area (Å²) in [6.07, 6.45) is 0. The van der Waals surface area contributed by atoms with Crippen LogP contribution >= 0.6 is 0 Å². The lowest BCUT2D eigenvalue weighted by Gasteiger charge is -2.20. The zero-order valence-corrected chi connectivity index (χ0v) is 11.4. The molecule has 0 bridgehead atoms. The van der Waals surface area contributed by atoms with Gasteiger partial charge in [0, 0.05) is 11.1 Å². The number of hydrogen-bond donors (Lipinski definition) is 1. The molecule has 2 aromatic rings. The van der Waals surface area contributed by atoms with Crippen LogP contribution in [0.25, 0.3) is 0 Å². The van der Waals surface area contributed by atoms with E-state index in [1.165, 1.54) is 18.2 Å². The maximum atomic E-state index is 14.0. The quantitative estimate of drug-likeness (QED) is 0.888. The Hall–Kier alpha value is -1.81. The van der Waals surface area contributed by atoms with Crippen LogP contribution in [0.15, 0.2) is 36.4 Å². The number of halogens is 3. The molecule has 0 saturated heterocycles. The minimum atomic E-state index is -0.945. The Morgan fingerprint density at radius 2 is 1.75 bits per heavy atom. The molecule has 0 aliphatic carbocycles. The number of hydrogen-bond acceptors (Lipinski definition) is 1. The van der Waals surface area contributed by atoms with Crippen LogP contribution in [0.1, 0.15) is 29.7 Å². The number of nitrogens with one attached hydrogen (secondary N) is 1. The normalized spacial score (nSPS) is 12.4. The lowest BCUT2D eigenvalue weighted by atomic mass is 9.96. The second kappa shape index (κ2) is 6.09. The third kappa shape index (κ3) is 2.85. The maximum absolute atomic E-state index is 14.0. The van der Waals surface area contributed by atoms with E-state index in [4.69, 9.17) is 0 Å². The van der Waals surface area contributed by atoms with Gasteiger partial charge in [-0.3, -0.25) is 0 Å². The van der Waals surface area contributed by atoms with E-state index >= 15 is 0 Å². The molecule has 0 aliphatic heterocycles. The highest BCUT2D eigenvalue weighted by Crippen LogP contribution is 2.28. The molecule has 0 fully saturated rings. The first kappa shape index (κ1) is 14.6. The van der Waals surface area contributed by atoms with Gasteiger partial charge in [-0.2, -0.15) is 0 Å². The highest BCUT2D eigenvalue weighted by atomic mass is 19.2. The maximum Gasteiger partial charge on any atom is 0.163 e. The van der Waals surface area contributed by atoms with Crippen molar-refractivity contribution >= 4 is 0 Å². The Morgan fingerprint density at radius 3 is 2.45 bits per heavy atom. The molecule has 1 unspecified atom stereocenters. The fourth-order valence-electron chi connectivity index (χ4n) is 2.22. The summed E-state index contributed by atoms with van der Waals surface area (Å²) in [5.41, 5.74) is 1.29. The third-order valence-electron chi connectivity index (χ3n) is 3.16. The molecule has 0 aromatic heterocycles. The van der Waals surface area contributed by atoms with Gasteiger partial charge in [0.2, 0.25) is 0 Å². The minimum absolute atomic E-state index is 0.108. The van der Waals surface area contributed by atoms with Crippen molar-refractivity contribution < 1.29 is 13.2 Å². The summed E-state index contributed by atoms with van der Waals surface area (Å²) in [7, 11) is 0. The molecule has 1 nitrogen and oxygen atoms in total. The van der Waals surface area contributed by atoms with E-state index in [0.29, 0.717) is 12.1 Å². The molecular formula is C16H16F3N. The van der Waals surface area contributed by atoms with Crippen LogP contribution in [-0.4, -0.2) is 6.54 Å². The van der Waals surface area contributed by atoms with Gasteiger partial charge in [-0.15, -0.1) is 0 Å². The molecule has 2 aromatic carbocycles. The van der Waals surface area contributed by atoms with E-state index in [-0.39, 0.29) is 5.56 Å². The van der Waals surface area contributed by atoms with Gasteiger partial charge in [0.05, 0.1) is 6.04 Å². The molecule has 1 atom stereocenters. The SMILES string of the molecule is CCNC(c1cc(C)ccc1F)c1cccc(F)c1F. The van der Waals surface area contributed by atoms with Crippen molar-refractivity contribution in [3.8, 4) is 0 Å². The van der Waals surface area contributed by atoms with E-state index in [0.717, 1.165) is 11.6 Å². The fourth-order valence-corrected chi connectivity index (χ4v) is 2.22. The van der Waals surface area contributed by atoms with E-state index < -0.39 is 23.5 Å². The first-order chi connectivity index (χ1) is 9.54. The largest absolute Gasteiger partial charge is 0.306 e. The predicted octanol–water partition coefficient (Wildman–Crippen LogP) is 4.11. The second-order valence-electron chi connectivity index (χ2n) is 4.66. The van der Waals surface area contributed by atoms with Crippen molar-refractivity contribution in [2.45, 2.75) is 19.9 Å². The van der Waals surface area contributed by atoms with Crippen molar-refractivity contribution in [1.82, 2.24) is 5.32 Å². The molecule has 0 amide bonds. The van der Waals surface area contributed by atoms with Gasteiger partial charge >= 0.3 is 0 Å². The van der Waals surface area contributed by atoms with E-state index in [1.54, 1.807) is 12.1 Å². The van der Waals surface area contributed by atoms with Crippen LogP contribution in [-0.2, 0) is 0 Å². The Bertz CT molecular complexity index is 609.